The monoisotopic (exact) mass is 547 g/mol. The predicted octanol–water partition coefficient (Wildman–Crippen LogP) is 4.45. The highest BCUT2D eigenvalue weighted by Crippen LogP contribution is 2.29. The molecule has 1 fully saturated rings. The Bertz CT molecular complexity index is 1370. The summed E-state index contributed by atoms with van der Waals surface area (Å²) < 4.78 is 11.2. The number of carbonyl (C=O) groups excluding carboxylic acids is 1. The molecule has 12 heteroatoms. The van der Waals surface area contributed by atoms with Crippen molar-refractivity contribution in [3.63, 3.8) is 0 Å². The first kappa shape index (κ1) is 28.2. The van der Waals surface area contributed by atoms with Crippen molar-refractivity contribution < 1.29 is 24.1 Å². The quantitative estimate of drug-likeness (QED) is 0.210. The Hall–Kier alpha value is -4.84. The fourth-order valence-electron chi connectivity index (χ4n) is 4.36. The van der Waals surface area contributed by atoms with Crippen LogP contribution in [-0.2, 0) is 17.9 Å². The summed E-state index contributed by atoms with van der Waals surface area (Å²) in [5.41, 5.74) is 5.15. The minimum Gasteiger partial charge on any atom is -0.493 e. The number of ether oxygens (including phenoxy) is 2. The van der Waals surface area contributed by atoms with E-state index in [1.807, 2.05) is 0 Å². The van der Waals surface area contributed by atoms with Gasteiger partial charge in [-0.3, -0.25) is 29.9 Å². The van der Waals surface area contributed by atoms with Crippen LogP contribution in [0.2, 0.25) is 0 Å². The molecule has 0 atom stereocenters. The zero-order valence-corrected chi connectivity index (χ0v) is 21.9. The van der Waals surface area contributed by atoms with Gasteiger partial charge >= 0.3 is 0 Å². The van der Waals surface area contributed by atoms with E-state index in [1.165, 1.54) is 37.6 Å². The normalized spacial score (nSPS) is 14.1. The van der Waals surface area contributed by atoms with Crippen LogP contribution in [0, 0.1) is 26.1 Å². The molecule has 4 rings (SSSR count). The molecule has 1 N–H and O–H groups in total. The number of hydrogen-bond donors (Lipinski definition) is 1. The Morgan fingerprint density at radius 2 is 1.55 bits per heavy atom. The average molecular weight is 548 g/mol. The van der Waals surface area contributed by atoms with E-state index in [2.05, 4.69) is 15.4 Å². The summed E-state index contributed by atoms with van der Waals surface area (Å²) in [6.45, 7) is 2.35. The zero-order chi connectivity index (χ0) is 28.5. The molecule has 0 spiro atoms. The van der Waals surface area contributed by atoms with Gasteiger partial charge < -0.3 is 9.47 Å². The predicted molar refractivity (Wildman–Crippen MR) is 147 cm³/mol. The molecule has 0 aliphatic carbocycles. The molecule has 208 valence electrons. The van der Waals surface area contributed by atoms with E-state index < -0.39 is 9.85 Å². The van der Waals surface area contributed by atoms with Crippen LogP contribution in [0.25, 0.3) is 0 Å². The Morgan fingerprint density at radius 3 is 2.12 bits per heavy atom. The number of amides is 1. The van der Waals surface area contributed by atoms with Crippen molar-refractivity contribution in [3.8, 4) is 11.5 Å². The second-order valence-corrected chi connectivity index (χ2v) is 9.33. The van der Waals surface area contributed by atoms with Crippen LogP contribution in [0.5, 0.6) is 11.5 Å². The number of nitrogens with one attached hydrogen (secondary N) is 1. The highest BCUT2D eigenvalue weighted by Gasteiger charge is 2.25. The number of non-ortho nitro benzene ring substituents is 2. The molecule has 0 bridgehead atoms. The van der Waals surface area contributed by atoms with Gasteiger partial charge in [-0.1, -0.05) is 12.1 Å². The van der Waals surface area contributed by atoms with Gasteiger partial charge in [0.1, 0.15) is 6.61 Å². The molecule has 3 aromatic carbocycles. The number of piperidine rings is 1. The Morgan fingerprint density at radius 1 is 0.950 bits per heavy atom. The minimum absolute atomic E-state index is 0.00869. The molecule has 0 aromatic heterocycles. The summed E-state index contributed by atoms with van der Waals surface area (Å²) in [5, 5.41) is 25.8. The van der Waals surface area contributed by atoms with E-state index in [1.54, 1.807) is 42.5 Å². The van der Waals surface area contributed by atoms with Crippen LogP contribution >= 0.6 is 0 Å². The molecule has 0 radical (unpaired) electrons. The van der Waals surface area contributed by atoms with Crippen molar-refractivity contribution in [1.29, 1.82) is 0 Å². The van der Waals surface area contributed by atoms with Gasteiger partial charge in [-0.2, -0.15) is 5.10 Å². The van der Waals surface area contributed by atoms with Crippen molar-refractivity contribution in [2.45, 2.75) is 26.0 Å². The van der Waals surface area contributed by atoms with Crippen LogP contribution in [-0.4, -0.2) is 47.1 Å². The van der Waals surface area contributed by atoms with Gasteiger partial charge in [-0.05, 0) is 73.0 Å². The van der Waals surface area contributed by atoms with Crippen LogP contribution in [0.3, 0.4) is 0 Å². The maximum absolute atomic E-state index is 12.7. The molecule has 12 nitrogen and oxygen atoms in total. The first-order valence-electron chi connectivity index (χ1n) is 12.6. The lowest BCUT2D eigenvalue weighted by atomic mass is 9.96. The lowest BCUT2D eigenvalue weighted by molar-refractivity contribution is -0.385. The number of likely N-dealkylation sites (tertiary alicyclic amines) is 1. The molecular formula is C28H29N5O7. The molecule has 1 heterocycles. The SMILES string of the molecule is COc1ccc(C=NNC(=O)C2CCN(Cc3ccc([N+](=O)[O-])cc3)CC2)cc1OCc1ccc([N+](=O)[O-])cc1. The molecule has 3 aromatic rings. The third-order valence-electron chi connectivity index (χ3n) is 6.63. The number of nitrogens with zero attached hydrogens (tertiary/aromatic N) is 4. The average Bonchev–Trinajstić information content (AvgIpc) is 2.97. The smallest absolute Gasteiger partial charge is 0.269 e. The lowest BCUT2D eigenvalue weighted by Gasteiger charge is -2.30. The van der Waals surface area contributed by atoms with E-state index in [-0.39, 0.29) is 29.8 Å². The van der Waals surface area contributed by atoms with Crippen molar-refractivity contribution in [2.24, 2.45) is 11.0 Å². The standard InChI is InChI=1S/C28H29N5O7/c1-39-26-11-6-22(16-27(26)40-19-21-4-9-25(10-5-21)33(37)38)17-29-30-28(34)23-12-14-31(15-13-23)18-20-2-7-24(8-3-20)32(35)36/h2-11,16-17,23H,12-15,18-19H2,1H3,(H,30,34). The minimum atomic E-state index is -0.456. The number of methoxy groups -OCH3 is 1. The maximum Gasteiger partial charge on any atom is 0.269 e. The van der Waals surface area contributed by atoms with Gasteiger partial charge in [0, 0.05) is 36.7 Å². The van der Waals surface area contributed by atoms with E-state index in [0.29, 0.717) is 36.4 Å². The number of rotatable bonds is 11. The van der Waals surface area contributed by atoms with Gasteiger partial charge in [0.25, 0.3) is 11.4 Å². The Labute approximate surface area is 230 Å². The van der Waals surface area contributed by atoms with E-state index in [0.717, 1.165) is 24.2 Å². The van der Waals surface area contributed by atoms with Crippen LogP contribution in [0.15, 0.2) is 71.8 Å². The van der Waals surface area contributed by atoms with Crippen LogP contribution < -0.4 is 14.9 Å². The second kappa shape index (κ2) is 13.3. The van der Waals surface area contributed by atoms with Crippen molar-refractivity contribution in [3.05, 3.63) is 104 Å². The van der Waals surface area contributed by atoms with Crippen molar-refractivity contribution >= 4 is 23.5 Å². The first-order valence-corrected chi connectivity index (χ1v) is 12.6. The summed E-state index contributed by atoms with van der Waals surface area (Å²) in [4.78, 5) is 35.7. The largest absolute Gasteiger partial charge is 0.493 e. The molecule has 40 heavy (non-hydrogen) atoms. The summed E-state index contributed by atoms with van der Waals surface area (Å²) in [7, 11) is 1.53. The molecule has 1 aliphatic rings. The van der Waals surface area contributed by atoms with Crippen molar-refractivity contribution in [1.82, 2.24) is 10.3 Å². The van der Waals surface area contributed by atoms with Gasteiger partial charge in [0.15, 0.2) is 11.5 Å². The Balaban J connectivity index is 1.26. The number of nitro groups is 2. The fraction of sp³-hybridized carbons (Fsp3) is 0.286. The summed E-state index contributed by atoms with van der Waals surface area (Å²) >= 11 is 0. The highest BCUT2D eigenvalue weighted by atomic mass is 16.6. The number of benzene rings is 3. The van der Waals surface area contributed by atoms with Gasteiger partial charge in [-0.15, -0.1) is 0 Å². The number of nitro benzene ring substituents is 2. The molecule has 0 unspecified atom stereocenters. The Kier molecular flexibility index (Phi) is 9.36. The summed E-state index contributed by atoms with van der Waals surface area (Å²) in [6, 6.07) is 17.9. The van der Waals surface area contributed by atoms with E-state index in [4.69, 9.17) is 9.47 Å². The molecular weight excluding hydrogens is 518 g/mol. The molecule has 1 amide bonds. The highest BCUT2D eigenvalue weighted by molar-refractivity contribution is 5.84. The number of hydrogen-bond acceptors (Lipinski definition) is 9. The second-order valence-electron chi connectivity index (χ2n) is 9.33. The number of carbonyl (C=O) groups is 1. The summed E-state index contributed by atoms with van der Waals surface area (Å²) in [5.74, 6) is 0.691. The summed E-state index contributed by atoms with van der Waals surface area (Å²) in [6.07, 6.45) is 2.91. The molecule has 1 aliphatic heterocycles. The molecule has 1 saturated heterocycles. The zero-order valence-electron chi connectivity index (χ0n) is 21.9. The lowest BCUT2D eigenvalue weighted by Crippen LogP contribution is -2.39. The van der Waals surface area contributed by atoms with Gasteiger partial charge in [0.2, 0.25) is 5.91 Å². The van der Waals surface area contributed by atoms with Gasteiger partial charge in [-0.25, -0.2) is 5.43 Å². The van der Waals surface area contributed by atoms with Crippen LogP contribution in [0.4, 0.5) is 11.4 Å². The fourth-order valence-corrected chi connectivity index (χ4v) is 4.36. The van der Waals surface area contributed by atoms with Crippen LogP contribution in [0.1, 0.15) is 29.5 Å². The number of hydrazone groups is 1. The van der Waals surface area contributed by atoms with Crippen molar-refractivity contribution in [2.75, 3.05) is 20.2 Å². The first-order chi connectivity index (χ1) is 19.3. The van der Waals surface area contributed by atoms with Gasteiger partial charge in [0.05, 0.1) is 23.2 Å². The third-order valence-corrected chi connectivity index (χ3v) is 6.63. The molecule has 0 saturated carbocycles. The van der Waals surface area contributed by atoms with E-state index >= 15 is 0 Å². The third kappa shape index (κ3) is 7.60. The maximum atomic E-state index is 12.7. The van der Waals surface area contributed by atoms with E-state index in [9.17, 15) is 25.0 Å². The topological polar surface area (TPSA) is 149 Å².